The number of rotatable bonds is 7. The quantitative estimate of drug-likeness (QED) is 0.621. The molecule has 2 aromatic heterocycles. The van der Waals surface area contributed by atoms with Crippen molar-refractivity contribution in [1.29, 1.82) is 0 Å². The van der Waals surface area contributed by atoms with Gasteiger partial charge >= 0.3 is 5.97 Å². The molecule has 1 aromatic carbocycles. The fraction of sp³-hybridized carbons (Fsp3) is 0.222. The fourth-order valence-corrected chi connectivity index (χ4v) is 3.01. The van der Waals surface area contributed by atoms with E-state index in [-0.39, 0.29) is 11.5 Å². The van der Waals surface area contributed by atoms with Crippen molar-refractivity contribution >= 4 is 29.0 Å². The number of nitrogens with one attached hydrogen (secondary N) is 1. The number of hydrogen-bond donors (Lipinski definition) is 1. The highest BCUT2D eigenvalue weighted by Crippen LogP contribution is 2.22. The van der Waals surface area contributed by atoms with E-state index in [0.717, 1.165) is 0 Å². The highest BCUT2D eigenvalue weighted by atomic mass is 32.1. The summed E-state index contributed by atoms with van der Waals surface area (Å²) in [5.41, 5.74) is 0.647. The number of benzene rings is 1. The summed E-state index contributed by atoms with van der Waals surface area (Å²) in [5.74, 6) is -0.457. The Kier molecular flexibility index (Phi) is 5.94. The van der Waals surface area contributed by atoms with Crippen LogP contribution in [0.1, 0.15) is 32.9 Å². The number of carbonyl (C=O) groups is 2. The van der Waals surface area contributed by atoms with Gasteiger partial charge in [0.1, 0.15) is 10.8 Å². The molecule has 0 bridgehead atoms. The van der Waals surface area contributed by atoms with Gasteiger partial charge in [-0.2, -0.15) is 0 Å². The van der Waals surface area contributed by atoms with Gasteiger partial charge in [-0.25, -0.2) is 9.78 Å². The number of aryl methyl sites for hydroxylation is 1. The zero-order valence-electron chi connectivity index (χ0n) is 14.7. The molecule has 0 aliphatic carbocycles. The lowest BCUT2D eigenvalue weighted by atomic mass is 10.1. The molecule has 9 heteroatoms. The summed E-state index contributed by atoms with van der Waals surface area (Å²) >= 11 is 1.28. The average molecular weight is 387 g/mol. The normalized spacial score (nSPS) is 11.8. The summed E-state index contributed by atoms with van der Waals surface area (Å²) in [6.07, 6.45) is -1.16. The molecule has 0 saturated heterocycles. The highest BCUT2D eigenvalue weighted by Gasteiger charge is 2.27. The summed E-state index contributed by atoms with van der Waals surface area (Å²) in [5, 5.41) is 8.51. The minimum atomic E-state index is -1.16. The maximum absolute atomic E-state index is 12.7. The number of carbonyl (C=O) groups excluding carboxylic acids is 2. The summed E-state index contributed by atoms with van der Waals surface area (Å²) < 4.78 is 15.4. The summed E-state index contributed by atoms with van der Waals surface area (Å²) in [7, 11) is 1.54. The Labute approximate surface area is 159 Å². The van der Waals surface area contributed by atoms with E-state index in [9.17, 15) is 9.59 Å². The molecule has 1 amide bonds. The van der Waals surface area contributed by atoms with Crippen molar-refractivity contribution in [3.63, 3.8) is 0 Å². The lowest BCUT2D eigenvalue weighted by Gasteiger charge is -2.16. The molecule has 1 N–H and O–H groups in total. The van der Waals surface area contributed by atoms with Gasteiger partial charge in [-0.05, 0) is 6.92 Å². The van der Waals surface area contributed by atoms with Crippen molar-refractivity contribution in [2.75, 3.05) is 12.4 Å². The van der Waals surface area contributed by atoms with E-state index in [1.807, 2.05) is 0 Å². The molecule has 0 fully saturated rings. The van der Waals surface area contributed by atoms with Crippen LogP contribution in [0.5, 0.6) is 0 Å². The standard InChI is InChI=1S/C18H17N3O5S/c1-11-8-14(21-26-11)20-17(22)16(12-6-4-3-5-7-12)25-18(23)13-10-27-15(19-13)9-24-2/h3-8,10,16H,9H2,1-2H3,(H,20,21,22). The van der Waals surface area contributed by atoms with Gasteiger partial charge in [0, 0.05) is 24.1 Å². The van der Waals surface area contributed by atoms with Gasteiger partial charge < -0.3 is 19.3 Å². The Morgan fingerprint density at radius 2 is 2.07 bits per heavy atom. The van der Waals surface area contributed by atoms with Crippen molar-refractivity contribution in [3.05, 3.63) is 63.8 Å². The molecule has 0 aliphatic rings. The second kappa shape index (κ2) is 8.56. The zero-order chi connectivity index (χ0) is 19.2. The van der Waals surface area contributed by atoms with Crippen molar-refractivity contribution in [1.82, 2.24) is 10.1 Å². The number of amides is 1. The van der Waals surface area contributed by atoms with E-state index in [1.165, 1.54) is 11.3 Å². The molecule has 140 valence electrons. The molecule has 0 aliphatic heterocycles. The first-order chi connectivity index (χ1) is 13.1. The van der Waals surface area contributed by atoms with Crippen LogP contribution in [0, 0.1) is 6.92 Å². The molecule has 3 aromatic rings. The Morgan fingerprint density at radius 3 is 2.74 bits per heavy atom. The van der Waals surface area contributed by atoms with E-state index in [4.69, 9.17) is 14.0 Å². The lowest BCUT2D eigenvalue weighted by molar-refractivity contribution is -0.125. The molecule has 1 unspecified atom stereocenters. The molecule has 27 heavy (non-hydrogen) atoms. The Balaban J connectivity index is 1.79. The van der Waals surface area contributed by atoms with Gasteiger partial charge in [0.05, 0.1) is 6.61 Å². The largest absolute Gasteiger partial charge is 0.443 e. The van der Waals surface area contributed by atoms with Crippen LogP contribution in [-0.2, 0) is 20.9 Å². The van der Waals surface area contributed by atoms with Gasteiger partial charge in [0.25, 0.3) is 5.91 Å². The predicted octanol–water partition coefficient (Wildman–Crippen LogP) is 3.12. The minimum absolute atomic E-state index is 0.123. The second-order valence-electron chi connectivity index (χ2n) is 5.57. The number of ether oxygens (including phenoxy) is 2. The third-order valence-corrected chi connectivity index (χ3v) is 4.30. The van der Waals surface area contributed by atoms with Crippen molar-refractivity contribution < 1.29 is 23.6 Å². The van der Waals surface area contributed by atoms with E-state index in [0.29, 0.717) is 22.9 Å². The number of esters is 1. The van der Waals surface area contributed by atoms with Gasteiger partial charge in [-0.1, -0.05) is 35.5 Å². The van der Waals surface area contributed by atoms with Crippen LogP contribution in [0.3, 0.4) is 0 Å². The van der Waals surface area contributed by atoms with E-state index < -0.39 is 18.0 Å². The number of anilines is 1. The zero-order valence-corrected chi connectivity index (χ0v) is 15.5. The SMILES string of the molecule is COCc1nc(C(=O)OC(C(=O)Nc2cc(C)on2)c2ccccc2)cs1. The number of aromatic nitrogens is 2. The molecule has 0 spiro atoms. The number of nitrogens with zero attached hydrogens (tertiary/aromatic N) is 2. The van der Waals surface area contributed by atoms with Gasteiger partial charge in [-0.15, -0.1) is 11.3 Å². The van der Waals surface area contributed by atoms with Gasteiger partial charge in [0.2, 0.25) is 6.10 Å². The summed E-state index contributed by atoms with van der Waals surface area (Å²) in [6, 6.07) is 10.3. The first-order valence-electron chi connectivity index (χ1n) is 8.00. The van der Waals surface area contributed by atoms with Crippen LogP contribution in [0.4, 0.5) is 5.82 Å². The molecule has 1 atom stereocenters. The number of thiazole rings is 1. The Bertz CT molecular complexity index is 922. The van der Waals surface area contributed by atoms with Crippen molar-refractivity contribution in [2.24, 2.45) is 0 Å². The molecular weight excluding hydrogens is 370 g/mol. The van der Waals surface area contributed by atoms with Crippen LogP contribution in [-0.4, -0.2) is 29.1 Å². The minimum Gasteiger partial charge on any atom is -0.443 e. The monoisotopic (exact) mass is 387 g/mol. The molecule has 0 saturated carbocycles. The Hall–Kier alpha value is -3.04. The predicted molar refractivity (Wildman–Crippen MR) is 97.3 cm³/mol. The van der Waals surface area contributed by atoms with Crippen LogP contribution in [0.2, 0.25) is 0 Å². The molecular formula is C18H17N3O5S. The van der Waals surface area contributed by atoms with Crippen LogP contribution >= 0.6 is 11.3 Å². The van der Waals surface area contributed by atoms with Crippen molar-refractivity contribution in [2.45, 2.75) is 19.6 Å². The average Bonchev–Trinajstić information content (AvgIpc) is 3.29. The lowest BCUT2D eigenvalue weighted by Crippen LogP contribution is -2.26. The van der Waals surface area contributed by atoms with Crippen LogP contribution in [0.15, 0.2) is 46.3 Å². The smallest absolute Gasteiger partial charge is 0.358 e. The second-order valence-corrected chi connectivity index (χ2v) is 6.51. The Morgan fingerprint density at radius 1 is 1.30 bits per heavy atom. The summed E-state index contributed by atoms with van der Waals surface area (Å²) in [6.45, 7) is 2.00. The third kappa shape index (κ3) is 4.78. The molecule has 8 nitrogen and oxygen atoms in total. The maximum Gasteiger partial charge on any atom is 0.358 e. The fourth-order valence-electron chi connectivity index (χ4n) is 2.28. The summed E-state index contributed by atoms with van der Waals surface area (Å²) in [4.78, 5) is 29.3. The third-order valence-electron chi connectivity index (χ3n) is 3.47. The van der Waals surface area contributed by atoms with Crippen molar-refractivity contribution in [3.8, 4) is 0 Å². The van der Waals surface area contributed by atoms with E-state index >= 15 is 0 Å². The highest BCUT2D eigenvalue weighted by molar-refractivity contribution is 7.09. The topological polar surface area (TPSA) is 104 Å². The van der Waals surface area contributed by atoms with Crippen LogP contribution in [0.25, 0.3) is 0 Å². The number of methoxy groups -OCH3 is 1. The van der Waals surface area contributed by atoms with Crippen LogP contribution < -0.4 is 5.32 Å². The van der Waals surface area contributed by atoms with E-state index in [2.05, 4.69) is 15.5 Å². The molecule has 0 radical (unpaired) electrons. The van der Waals surface area contributed by atoms with Gasteiger partial charge in [0.15, 0.2) is 11.5 Å². The first kappa shape index (κ1) is 18.7. The first-order valence-corrected chi connectivity index (χ1v) is 8.88. The molecule has 2 heterocycles. The van der Waals surface area contributed by atoms with E-state index in [1.54, 1.807) is 55.8 Å². The maximum atomic E-state index is 12.7. The molecule has 3 rings (SSSR count). The number of hydrogen-bond acceptors (Lipinski definition) is 8. The van der Waals surface area contributed by atoms with Gasteiger partial charge in [-0.3, -0.25) is 4.79 Å².